The van der Waals surface area contributed by atoms with Crippen LogP contribution in [0.3, 0.4) is 0 Å². The van der Waals surface area contributed by atoms with Gasteiger partial charge in [0.05, 0.1) is 13.7 Å². The molecule has 0 atom stereocenters. The highest BCUT2D eigenvalue weighted by Crippen LogP contribution is 2.30. The molecule has 0 aliphatic carbocycles. The summed E-state index contributed by atoms with van der Waals surface area (Å²) in [4.78, 5) is 0. The molecule has 0 heterocycles. The van der Waals surface area contributed by atoms with Crippen molar-refractivity contribution in [1.82, 2.24) is 0 Å². The summed E-state index contributed by atoms with van der Waals surface area (Å²) >= 11 is 0. The predicted octanol–water partition coefficient (Wildman–Crippen LogP) is 3.55. The zero-order chi connectivity index (χ0) is 15.2. The molecule has 0 unspecified atom stereocenters. The number of anilines is 1. The van der Waals surface area contributed by atoms with Crippen molar-refractivity contribution < 1.29 is 19.0 Å². The van der Waals surface area contributed by atoms with E-state index < -0.39 is 5.82 Å². The Morgan fingerprint density at radius 1 is 1.14 bits per heavy atom. The number of rotatable bonds is 6. The number of aromatic hydroxyl groups is 1. The van der Waals surface area contributed by atoms with Crippen LogP contribution in [-0.2, 0) is 6.54 Å². The smallest absolute Gasteiger partial charge is 0.165 e. The van der Waals surface area contributed by atoms with Crippen molar-refractivity contribution in [3.63, 3.8) is 0 Å². The number of methoxy groups -OCH3 is 1. The molecule has 0 bridgehead atoms. The maximum absolute atomic E-state index is 13.3. The van der Waals surface area contributed by atoms with Gasteiger partial charge in [0.2, 0.25) is 0 Å². The Balaban J connectivity index is 2.08. The average molecular weight is 291 g/mol. The summed E-state index contributed by atoms with van der Waals surface area (Å²) in [5, 5.41) is 12.3. The molecule has 0 amide bonds. The first kappa shape index (κ1) is 15.0. The first-order chi connectivity index (χ1) is 10.1. The van der Waals surface area contributed by atoms with Crippen molar-refractivity contribution in [2.75, 3.05) is 19.0 Å². The maximum Gasteiger partial charge on any atom is 0.165 e. The molecule has 0 aliphatic rings. The van der Waals surface area contributed by atoms with Gasteiger partial charge in [-0.1, -0.05) is 6.07 Å². The van der Waals surface area contributed by atoms with E-state index in [2.05, 4.69) is 5.32 Å². The second-order valence-electron chi connectivity index (χ2n) is 4.44. The quantitative estimate of drug-likeness (QED) is 0.854. The molecule has 0 aromatic heterocycles. The summed E-state index contributed by atoms with van der Waals surface area (Å²) in [6.07, 6.45) is 0. The Hall–Kier alpha value is -2.43. The maximum atomic E-state index is 13.3. The van der Waals surface area contributed by atoms with Crippen LogP contribution < -0.4 is 14.8 Å². The number of phenolic OH excluding ortho intramolecular Hbond substituents is 1. The van der Waals surface area contributed by atoms with E-state index in [1.165, 1.54) is 12.1 Å². The number of hydrogen-bond acceptors (Lipinski definition) is 4. The number of hydrogen-bond donors (Lipinski definition) is 2. The van der Waals surface area contributed by atoms with Crippen LogP contribution in [0.2, 0.25) is 0 Å². The Morgan fingerprint density at radius 3 is 2.62 bits per heavy atom. The molecule has 2 rings (SSSR count). The lowest BCUT2D eigenvalue weighted by molar-refractivity contribution is 0.311. The normalized spacial score (nSPS) is 10.2. The average Bonchev–Trinajstić information content (AvgIpc) is 2.49. The van der Waals surface area contributed by atoms with Crippen LogP contribution in [-0.4, -0.2) is 18.8 Å². The molecule has 2 N–H and O–H groups in total. The zero-order valence-corrected chi connectivity index (χ0v) is 12.0. The lowest BCUT2D eigenvalue weighted by Gasteiger charge is -2.12. The summed E-state index contributed by atoms with van der Waals surface area (Å²) in [6.45, 7) is 2.89. The molecule has 5 heteroatoms. The molecule has 2 aromatic rings. The van der Waals surface area contributed by atoms with Gasteiger partial charge in [0.15, 0.2) is 23.1 Å². The fourth-order valence-electron chi connectivity index (χ4n) is 1.92. The van der Waals surface area contributed by atoms with Crippen LogP contribution in [0.1, 0.15) is 12.5 Å². The van der Waals surface area contributed by atoms with Crippen molar-refractivity contribution in [2.24, 2.45) is 0 Å². The van der Waals surface area contributed by atoms with Crippen LogP contribution in [0.25, 0.3) is 0 Å². The Morgan fingerprint density at radius 2 is 1.95 bits per heavy atom. The van der Waals surface area contributed by atoms with Gasteiger partial charge in [-0.25, -0.2) is 4.39 Å². The van der Waals surface area contributed by atoms with Crippen LogP contribution in [0, 0.1) is 5.82 Å². The van der Waals surface area contributed by atoms with E-state index in [1.54, 1.807) is 13.2 Å². The molecule has 0 saturated carbocycles. The molecule has 112 valence electrons. The lowest BCUT2D eigenvalue weighted by atomic mass is 10.2. The molecule has 0 radical (unpaired) electrons. The topological polar surface area (TPSA) is 50.7 Å². The number of benzene rings is 2. The first-order valence-corrected chi connectivity index (χ1v) is 6.66. The van der Waals surface area contributed by atoms with Crippen molar-refractivity contribution in [1.29, 1.82) is 0 Å². The van der Waals surface area contributed by atoms with Crippen LogP contribution in [0.5, 0.6) is 17.2 Å². The summed E-state index contributed by atoms with van der Waals surface area (Å²) in [5.74, 6) is 0.348. The minimum absolute atomic E-state index is 0.346. The highest BCUT2D eigenvalue weighted by Gasteiger charge is 2.06. The molecule has 2 aromatic carbocycles. The van der Waals surface area contributed by atoms with Crippen LogP contribution >= 0.6 is 0 Å². The fourth-order valence-corrected chi connectivity index (χ4v) is 1.92. The van der Waals surface area contributed by atoms with Gasteiger partial charge in [-0.05, 0) is 36.8 Å². The predicted molar refractivity (Wildman–Crippen MR) is 79.6 cm³/mol. The van der Waals surface area contributed by atoms with Gasteiger partial charge in [-0.2, -0.15) is 0 Å². The van der Waals surface area contributed by atoms with Crippen molar-refractivity contribution >= 4 is 5.69 Å². The van der Waals surface area contributed by atoms with Gasteiger partial charge < -0.3 is 19.9 Å². The summed E-state index contributed by atoms with van der Waals surface area (Å²) in [6, 6.07) is 9.81. The molecule has 0 fully saturated rings. The number of halogens is 1. The van der Waals surface area contributed by atoms with Gasteiger partial charge in [-0.15, -0.1) is 0 Å². The highest BCUT2D eigenvalue weighted by molar-refractivity contribution is 5.55. The second-order valence-corrected chi connectivity index (χ2v) is 4.44. The molecule has 21 heavy (non-hydrogen) atoms. The van der Waals surface area contributed by atoms with Crippen molar-refractivity contribution in [2.45, 2.75) is 13.5 Å². The Kier molecular flexibility index (Phi) is 4.87. The lowest BCUT2D eigenvalue weighted by Crippen LogP contribution is -2.01. The van der Waals surface area contributed by atoms with Gasteiger partial charge in [0, 0.05) is 18.3 Å². The Labute approximate surface area is 123 Å². The molecule has 0 aliphatic heterocycles. The fraction of sp³-hybridized carbons (Fsp3) is 0.250. The van der Waals surface area contributed by atoms with Crippen molar-refractivity contribution in [3.8, 4) is 17.2 Å². The standard InChI is InChI=1S/C16H18FNO3/c1-3-21-16-9-12(5-7-15(16)20-2)18-10-11-4-6-14(19)13(17)8-11/h4-9,18-19H,3,10H2,1-2H3. The van der Waals surface area contributed by atoms with E-state index in [1.807, 2.05) is 25.1 Å². The minimum atomic E-state index is -0.626. The highest BCUT2D eigenvalue weighted by atomic mass is 19.1. The SMILES string of the molecule is CCOc1cc(NCc2ccc(O)c(F)c2)ccc1OC. The first-order valence-electron chi connectivity index (χ1n) is 6.66. The van der Waals surface area contributed by atoms with E-state index in [9.17, 15) is 4.39 Å². The van der Waals surface area contributed by atoms with Gasteiger partial charge in [0.25, 0.3) is 0 Å². The van der Waals surface area contributed by atoms with Gasteiger partial charge in [-0.3, -0.25) is 0 Å². The van der Waals surface area contributed by atoms with E-state index >= 15 is 0 Å². The summed E-state index contributed by atoms with van der Waals surface area (Å²) < 4.78 is 24.0. The Bertz CT molecular complexity index is 616. The third-order valence-electron chi connectivity index (χ3n) is 2.97. The monoisotopic (exact) mass is 291 g/mol. The second kappa shape index (κ2) is 6.83. The van der Waals surface area contributed by atoms with Crippen LogP contribution in [0.15, 0.2) is 36.4 Å². The zero-order valence-electron chi connectivity index (χ0n) is 12.0. The summed E-state index contributed by atoms with van der Waals surface area (Å²) in [5.41, 5.74) is 1.58. The number of ether oxygens (including phenoxy) is 2. The van der Waals surface area contributed by atoms with E-state index in [0.717, 1.165) is 11.3 Å². The summed E-state index contributed by atoms with van der Waals surface area (Å²) in [7, 11) is 1.59. The largest absolute Gasteiger partial charge is 0.505 e. The third-order valence-corrected chi connectivity index (χ3v) is 2.97. The molecular formula is C16H18FNO3. The molecular weight excluding hydrogens is 273 g/mol. The minimum Gasteiger partial charge on any atom is -0.505 e. The van der Waals surface area contributed by atoms with E-state index in [4.69, 9.17) is 14.6 Å². The third kappa shape index (κ3) is 3.78. The molecule has 4 nitrogen and oxygen atoms in total. The molecule has 0 spiro atoms. The van der Waals surface area contributed by atoms with Gasteiger partial charge >= 0.3 is 0 Å². The van der Waals surface area contributed by atoms with E-state index in [0.29, 0.717) is 24.7 Å². The number of phenols is 1. The van der Waals surface area contributed by atoms with Gasteiger partial charge in [0.1, 0.15) is 0 Å². The number of nitrogens with one attached hydrogen (secondary N) is 1. The van der Waals surface area contributed by atoms with Crippen LogP contribution in [0.4, 0.5) is 10.1 Å². The molecule has 0 saturated heterocycles. The van der Waals surface area contributed by atoms with Crippen molar-refractivity contribution in [3.05, 3.63) is 47.8 Å². The van der Waals surface area contributed by atoms with E-state index in [-0.39, 0.29) is 5.75 Å².